The molecule has 23 heavy (non-hydrogen) atoms. The van der Waals surface area contributed by atoms with Gasteiger partial charge in [0.1, 0.15) is 5.78 Å². The van der Waals surface area contributed by atoms with E-state index in [-0.39, 0.29) is 6.61 Å². The maximum absolute atomic E-state index is 11.7. The Hall–Kier alpha value is -0.410. The Kier molecular flexibility index (Phi) is 19.3. The van der Waals surface area contributed by atoms with Crippen LogP contribution in [-0.2, 0) is 4.79 Å². The van der Waals surface area contributed by atoms with E-state index in [1.807, 2.05) is 0 Å². The molecule has 0 saturated carbocycles. The van der Waals surface area contributed by atoms with Gasteiger partial charge in [-0.05, 0) is 32.4 Å². The number of Topliss-reactive ketones (excluding diaryl/α,β-unsaturated/α-hetero) is 1. The first-order chi connectivity index (χ1) is 11.3. The van der Waals surface area contributed by atoms with E-state index >= 15 is 0 Å². The lowest BCUT2D eigenvalue weighted by atomic mass is 10.0. The van der Waals surface area contributed by atoms with E-state index in [1.165, 1.54) is 64.2 Å². The Bertz CT molecular complexity index is 244. The number of ketones is 1. The summed E-state index contributed by atoms with van der Waals surface area (Å²) in [4.78, 5) is 11.7. The second kappa shape index (κ2) is 19.6. The van der Waals surface area contributed by atoms with Crippen LogP contribution in [0.3, 0.4) is 0 Å². The molecule has 138 valence electrons. The van der Waals surface area contributed by atoms with Crippen molar-refractivity contribution in [1.29, 1.82) is 0 Å². The maximum atomic E-state index is 11.7. The zero-order valence-electron chi connectivity index (χ0n) is 15.6. The molecule has 2 N–H and O–H groups in total. The van der Waals surface area contributed by atoms with Gasteiger partial charge in [0.05, 0.1) is 0 Å². The summed E-state index contributed by atoms with van der Waals surface area (Å²) >= 11 is 0. The summed E-state index contributed by atoms with van der Waals surface area (Å²) in [5.74, 6) is 0.421. The summed E-state index contributed by atoms with van der Waals surface area (Å²) in [7, 11) is 0. The highest BCUT2D eigenvalue weighted by molar-refractivity contribution is 5.78. The molecule has 0 aromatic heterocycles. The van der Waals surface area contributed by atoms with Crippen molar-refractivity contribution in [2.45, 2.75) is 103 Å². The summed E-state index contributed by atoms with van der Waals surface area (Å²) in [5, 5.41) is 11.9. The highest BCUT2D eigenvalue weighted by Gasteiger charge is 2.01. The number of aliphatic hydroxyl groups is 1. The van der Waals surface area contributed by atoms with E-state index < -0.39 is 0 Å². The fraction of sp³-hybridized carbons (Fsp3) is 0.950. The lowest BCUT2D eigenvalue weighted by Crippen LogP contribution is -2.18. The molecule has 0 aromatic rings. The van der Waals surface area contributed by atoms with Crippen molar-refractivity contribution in [3.63, 3.8) is 0 Å². The lowest BCUT2D eigenvalue weighted by molar-refractivity contribution is -0.119. The van der Waals surface area contributed by atoms with Crippen LogP contribution < -0.4 is 5.32 Å². The highest BCUT2D eigenvalue weighted by atomic mass is 16.3. The van der Waals surface area contributed by atoms with Gasteiger partial charge in [0.25, 0.3) is 0 Å². The van der Waals surface area contributed by atoms with Gasteiger partial charge in [-0.25, -0.2) is 0 Å². The molecule has 0 heterocycles. The predicted octanol–water partition coefficient (Wildman–Crippen LogP) is 5.01. The largest absolute Gasteiger partial charge is 0.396 e. The molecule has 3 heteroatoms. The second-order valence-corrected chi connectivity index (χ2v) is 6.75. The number of carbonyl (C=O) groups is 1. The molecule has 0 atom stereocenters. The van der Waals surface area contributed by atoms with Crippen LogP contribution in [0.25, 0.3) is 0 Å². The van der Waals surface area contributed by atoms with Crippen LogP contribution in [0.4, 0.5) is 0 Å². The topological polar surface area (TPSA) is 49.3 Å². The molecule has 0 aliphatic carbocycles. The third kappa shape index (κ3) is 19.5. The zero-order valence-corrected chi connectivity index (χ0v) is 15.6. The fourth-order valence-corrected chi connectivity index (χ4v) is 2.85. The van der Waals surface area contributed by atoms with Gasteiger partial charge in [-0.2, -0.15) is 0 Å². The molecule has 0 aromatic carbocycles. The summed E-state index contributed by atoms with van der Waals surface area (Å²) < 4.78 is 0. The number of nitrogens with one attached hydrogen (secondary N) is 1. The van der Waals surface area contributed by atoms with Crippen molar-refractivity contribution in [1.82, 2.24) is 5.32 Å². The molecule has 0 aliphatic heterocycles. The molecule has 0 bridgehead atoms. The summed E-state index contributed by atoms with van der Waals surface area (Å²) in [6.45, 7) is 4.25. The van der Waals surface area contributed by atoms with Crippen molar-refractivity contribution in [3.05, 3.63) is 0 Å². The molecule has 3 nitrogen and oxygen atoms in total. The number of rotatable bonds is 19. The van der Waals surface area contributed by atoms with E-state index in [9.17, 15) is 4.79 Å². The van der Waals surface area contributed by atoms with Gasteiger partial charge in [-0.3, -0.25) is 4.79 Å². The summed E-state index contributed by atoms with van der Waals surface area (Å²) in [5.41, 5.74) is 0. The van der Waals surface area contributed by atoms with Crippen molar-refractivity contribution in [2.75, 3.05) is 19.7 Å². The first-order valence-corrected chi connectivity index (χ1v) is 10.1. The molecule has 0 spiro atoms. The van der Waals surface area contributed by atoms with Crippen molar-refractivity contribution >= 4 is 5.78 Å². The van der Waals surface area contributed by atoms with Crippen LogP contribution in [0.1, 0.15) is 103 Å². The Morgan fingerprint density at radius 3 is 1.74 bits per heavy atom. The quantitative estimate of drug-likeness (QED) is 0.328. The molecular formula is C20H41NO2. The number of hydrogen-bond donors (Lipinski definition) is 2. The second-order valence-electron chi connectivity index (χ2n) is 6.75. The lowest BCUT2D eigenvalue weighted by Gasteiger charge is -2.04. The Morgan fingerprint density at radius 2 is 1.17 bits per heavy atom. The molecular weight excluding hydrogens is 286 g/mol. The van der Waals surface area contributed by atoms with Crippen LogP contribution in [0, 0.1) is 0 Å². The normalized spacial score (nSPS) is 11.0. The van der Waals surface area contributed by atoms with Gasteiger partial charge < -0.3 is 10.4 Å². The summed E-state index contributed by atoms with van der Waals surface area (Å²) in [6.07, 6.45) is 17.9. The minimum absolute atomic E-state index is 0.241. The molecule has 0 aliphatic rings. The van der Waals surface area contributed by atoms with Gasteiger partial charge in [0.15, 0.2) is 0 Å². The number of hydrogen-bond acceptors (Lipinski definition) is 3. The average molecular weight is 328 g/mol. The van der Waals surface area contributed by atoms with Crippen molar-refractivity contribution in [2.24, 2.45) is 0 Å². The first-order valence-electron chi connectivity index (χ1n) is 10.1. The smallest absolute Gasteiger partial charge is 0.132 e. The Labute approximate surface area is 144 Å². The monoisotopic (exact) mass is 327 g/mol. The van der Waals surface area contributed by atoms with E-state index in [2.05, 4.69) is 12.2 Å². The SMILES string of the molecule is CCCCCCCCCCCCCC(=O)CCCNCCCO. The fourth-order valence-electron chi connectivity index (χ4n) is 2.85. The predicted molar refractivity (Wildman–Crippen MR) is 99.9 cm³/mol. The average Bonchev–Trinajstić information content (AvgIpc) is 2.56. The highest BCUT2D eigenvalue weighted by Crippen LogP contribution is 2.12. The molecule has 0 unspecified atom stereocenters. The molecule has 0 amide bonds. The zero-order chi connectivity index (χ0) is 17.0. The van der Waals surface area contributed by atoms with E-state index in [4.69, 9.17) is 5.11 Å². The van der Waals surface area contributed by atoms with E-state index in [1.54, 1.807) is 0 Å². The minimum Gasteiger partial charge on any atom is -0.396 e. The maximum Gasteiger partial charge on any atom is 0.132 e. The van der Waals surface area contributed by atoms with Crippen molar-refractivity contribution in [3.8, 4) is 0 Å². The molecule has 0 saturated heterocycles. The number of aliphatic hydroxyl groups excluding tert-OH is 1. The minimum atomic E-state index is 0.241. The van der Waals surface area contributed by atoms with Gasteiger partial charge in [0, 0.05) is 19.4 Å². The first kappa shape index (κ1) is 22.6. The van der Waals surface area contributed by atoms with Crippen LogP contribution in [-0.4, -0.2) is 30.6 Å². The molecule has 0 radical (unpaired) electrons. The number of carbonyl (C=O) groups excluding carboxylic acids is 1. The van der Waals surface area contributed by atoms with Gasteiger partial charge in [-0.1, -0.05) is 71.1 Å². The standard InChI is InChI=1S/C20H41NO2/c1-2-3-4-5-6-7-8-9-10-11-12-15-20(23)16-13-17-21-18-14-19-22/h21-22H,2-19H2,1H3. The van der Waals surface area contributed by atoms with E-state index in [0.717, 1.165) is 38.8 Å². The van der Waals surface area contributed by atoms with Gasteiger partial charge in [-0.15, -0.1) is 0 Å². The van der Waals surface area contributed by atoms with E-state index in [0.29, 0.717) is 12.2 Å². The van der Waals surface area contributed by atoms with Crippen LogP contribution >= 0.6 is 0 Å². The van der Waals surface area contributed by atoms with Crippen LogP contribution in [0.2, 0.25) is 0 Å². The third-order valence-corrected chi connectivity index (χ3v) is 4.38. The summed E-state index contributed by atoms with van der Waals surface area (Å²) in [6, 6.07) is 0. The van der Waals surface area contributed by atoms with Gasteiger partial charge >= 0.3 is 0 Å². The van der Waals surface area contributed by atoms with Gasteiger partial charge in [0.2, 0.25) is 0 Å². The molecule has 0 fully saturated rings. The van der Waals surface area contributed by atoms with Crippen LogP contribution in [0.15, 0.2) is 0 Å². The van der Waals surface area contributed by atoms with Crippen LogP contribution in [0.5, 0.6) is 0 Å². The third-order valence-electron chi connectivity index (χ3n) is 4.38. The Morgan fingerprint density at radius 1 is 0.696 bits per heavy atom. The van der Waals surface area contributed by atoms with Crippen molar-refractivity contribution < 1.29 is 9.90 Å². The molecule has 0 rings (SSSR count). The number of unbranched alkanes of at least 4 members (excludes halogenated alkanes) is 10. The Balaban J connectivity index is 3.11.